The SMILES string of the molecule is CC1CCCC(N)(c2cccc(Cl)c2Cl)C1C. The molecule has 94 valence electrons. The summed E-state index contributed by atoms with van der Waals surface area (Å²) in [5, 5.41) is 1.22. The predicted molar refractivity (Wildman–Crippen MR) is 74.5 cm³/mol. The Labute approximate surface area is 113 Å². The Balaban J connectivity index is 2.46. The van der Waals surface area contributed by atoms with Gasteiger partial charge in [-0.15, -0.1) is 0 Å². The van der Waals surface area contributed by atoms with E-state index in [1.54, 1.807) is 0 Å². The average molecular weight is 272 g/mol. The summed E-state index contributed by atoms with van der Waals surface area (Å²) in [5.74, 6) is 1.05. The van der Waals surface area contributed by atoms with Gasteiger partial charge in [0.2, 0.25) is 0 Å². The minimum absolute atomic E-state index is 0.334. The van der Waals surface area contributed by atoms with Gasteiger partial charge in [-0.25, -0.2) is 0 Å². The van der Waals surface area contributed by atoms with E-state index in [2.05, 4.69) is 13.8 Å². The largest absolute Gasteiger partial charge is 0.321 e. The second kappa shape index (κ2) is 4.79. The van der Waals surface area contributed by atoms with E-state index in [1.807, 2.05) is 18.2 Å². The first kappa shape index (κ1) is 13.2. The first-order chi connectivity index (χ1) is 7.97. The Bertz CT molecular complexity index is 419. The number of benzene rings is 1. The van der Waals surface area contributed by atoms with Crippen LogP contribution in [-0.4, -0.2) is 0 Å². The molecule has 1 aliphatic carbocycles. The Morgan fingerprint density at radius 3 is 2.71 bits per heavy atom. The minimum atomic E-state index is -0.334. The van der Waals surface area contributed by atoms with Crippen molar-refractivity contribution in [1.29, 1.82) is 0 Å². The smallest absolute Gasteiger partial charge is 0.0642 e. The van der Waals surface area contributed by atoms with Crippen molar-refractivity contribution in [2.75, 3.05) is 0 Å². The molecule has 17 heavy (non-hydrogen) atoms. The number of hydrogen-bond acceptors (Lipinski definition) is 1. The summed E-state index contributed by atoms with van der Waals surface area (Å²) >= 11 is 12.4. The van der Waals surface area contributed by atoms with Crippen molar-refractivity contribution >= 4 is 23.2 Å². The Morgan fingerprint density at radius 2 is 2.00 bits per heavy atom. The average Bonchev–Trinajstić information content (AvgIpc) is 2.29. The molecular weight excluding hydrogens is 253 g/mol. The maximum absolute atomic E-state index is 6.64. The molecule has 2 N–H and O–H groups in total. The fourth-order valence-corrected chi connectivity index (χ4v) is 3.42. The van der Waals surface area contributed by atoms with Crippen molar-refractivity contribution in [3.63, 3.8) is 0 Å². The van der Waals surface area contributed by atoms with Crippen LogP contribution in [0.5, 0.6) is 0 Å². The van der Waals surface area contributed by atoms with E-state index in [0.717, 1.165) is 18.4 Å². The van der Waals surface area contributed by atoms with E-state index < -0.39 is 0 Å². The summed E-state index contributed by atoms with van der Waals surface area (Å²) in [7, 11) is 0. The zero-order valence-electron chi connectivity index (χ0n) is 10.3. The van der Waals surface area contributed by atoms with Gasteiger partial charge in [0.1, 0.15) is 0 Å². The molecule has 0 aromatic heterocycles. The standard InChI is InChI=1S/C14H19Cl2N/c1-9-5-4-8-14(17,10(9)2)11-6-3-7-12(15)13(11)16/h3,6-7,9-10H,4-5,8,17H2,1-2H3. The number of halogens is 2. The lowest BCUT2D eigenvalue weighted by atomic mass is 9.66. The van der Waals surface area contributed by atoms with E-state index in [-0.39, 0.29) is 5.54 Å². The predicted octanol–water partition coefficient (Wildman–Crippen LogP) is 4.60. The molecule has 2 rings (SSSR count). The molecule has 0 saturated heterocycles. The Morgan fingerprint density at radius 1 is 1.29 bits per heavy atom. The summed E-state index contributed by atoms with van der Waals surface area (Å²) in [6.45, 7) is 4.49. The van der Waals surface area contributed by atoms with Crippen LogP contribution in [0.3, 0.4) is 0 Å². The van der Waals surface area contributed by atoms with Crippen LogP contribution in [0, 0.1) is 11.8 Å². The second-order valence-electron chi connectivity index (χ2n) is 5.30. The third-order valence-corrected chi connectivity index (χ3v) is 5.19. The molecular formula is C14H19Cl2N. The van der Waals surface area contributed by atoms with Gasteiger partial charge < -0.3 is 5.73 Å². The first-order valence-electron chi connectivity index (χ1n) is 6.20. The molecule has 3 heteroatoms. The molecule has 1 aromatic carbocycles. The number of hydrogen-bond donors (Lipinski definition) is 1. The lowest BCUT2D eigenvalue weighted by Crippen LogP contribution is -2.48. The van der Waals surface area contributed by atoms with Crippen molar-refractivity contribution in [1.82, 2.24) is 0 Å². The van der Waals surface area contributed by atoms with Crippen molar-refractivity contribution in [3.05, 3.63) is 33.8 Å². The molecule has 0 spiro atoms. The maximum Gasteiger partial charge on any atom is 0.0642 e. The monoisotopic (exact) mass is 271 g/mol. The van der Waals surface area contributed by atoms with Gasteiger partial charge in [-0.05, 0) is 29.9 Å². The third kappa shape index (κ3) is 2.21. The first-order valence-corrected chi connectivity index (χ1v) is 6.96. The van der Waals surface area contributed by atoms with Gasteiger partial charge in [-0.2, -0.15) is 0 Å². The van der Waals surface area contributed by atoms with Gasteiger partial charge in [0.25, 0.3) is 0 Å². The van der Waals surface area contributed by atoms with E-state index in [1.165, 1.54) is 6.42 Å². The lowest BCUT2D eigenvalue weighted by molar-refractivity contribution is 0.144. The van der Waals surface area contributed by atoms with Crippen molar-refractivity contribution in [2.24, 2.45) is 17.6 Å². The van der Waals surface area contributed by atoms with Crippen LogP contribution in [0.2, 0.25) is 10.0 Å². The molecule has 0 aliphatic heterocycles. The molecule has 1 aliphatic rings. The molecule has 0 radical (unpaired) electrons. The molecule has 1 aromatic rings. The zero-order valence-corrected chi connectivity index (χ0v) is 11.9. The van der Waals surface area contributed by atoms with E-state index in [0.29, 0.717) is 21.9 Å². The van der Waals surface area contributed by atoms with Gasteiger partial charge in [-0.1, -0.05) is 62.0 Å². The van der Waals surface area contributed by atoms with Gasteiger partial charge in [0, 0.05) is 5.54 Å². The fourth-order valence-electron chi connectivity index (χ4n) is 2.95. The highest BCUT2D eigenvalue weighted by Crippen LogP contribution is 2.45. The molecule has 1 saturated carbocycles. The maximum atomic E-state index is 6.64. The zero-order chi connectivity index (χ0) is 12.6. The highest BCUT2D eigenvalue weighted by atomic mass is 35.5. The fraction of sp³-hybridized carbons (Fsp3) is 0.571. The van der Waals surface area contributed by atoms with Crippen LogP contribution in [0.4, 0.5) is 0 Å². The van der Waals surface area contributed by atoms with Gasteiger partial charge >= 0.3 is 0 Å². The molecule has 0 heterocycles. The minimum Gasteiger partial charge on any atom is -0.321 e. The molecule has 1 fully saturated rings. The quantitative estimate of drug-likeness (QED) is 0.794. The summed E-state index contributed by atoms with van der Waals surface area (Å²) in [6.07, 6.45) is 3.39. The van der Waals surface area contributed by atoms with Crippen molar-refractivity contribution in [3.8, 4) is 0 Å². The van der Waals surface area contributed by atoms with Crippen LogP contribution in [-0.2, 0) is 5.54 Å². The molecule has 3 unspecified atom stereocenters. The van der Waals surface area contributed by atoms with Gasteiger partial charge in [0.05, 0.1) is 10.0 Å². The van der Waals surface area contributed by atoms with Crippen molar-refractivity contribution in [2.45, 2.75) is 38.6 Å². The third-order valence-electron chi connectivity index (χ3n) is 4.37. The highest BCUT2D eigenvalue weighted by Gasteiger charge is 2.40. The van der Waals surface area contributed by atoms with Gasteiger partial charge in [-0.3, -0.25) is 0 Å². The molecule has 3 atom stereocenters. The normalized spacial score (nSPS) is 33.7. The van der Waals surface area contributed by atoms with Crippen LogP contribution in [0.25, 0.3) is 0 Å². The number of rotatable bonds is 1. The topological polar surface area (TPSA) is 26.0 Å². The molecule has 0 bridgehead atoms. The summed E-state index contributed by atoms with van der Waals surface area (Å²) < 4.78 is 0. The van der Waals surface area contributed by atoms with Crippen molar-refractivity contribution < 1.29 is 0 Å². The number of nitrogens with two attached hydrogens (primary N) is 1. The van der Waals surface area contributed by atoms with E-state index >= 15 is 0 Å². The summed E-state index contributed by atoms with van der Waals surface area (Å²) in [4.78, 5) is 0. The lowest BCUT2D eigenvalue weighted by Gasteiger charge is -2.44. The van der Waals surface area contributed by atoms with Crippen LogP contribution in [0.1, 0.15) is 38.7 Å². The van der Waals surface area contributed by atoms with Crippen LogP contribution in [0.15, 0.2) is 18.2 Å². The summed E-state index contributed by atoms with van der Waals surface area (Å²) in [5.41, 5.74) is 7.31. The van der Waals surface area contributed by atoms with Gasteiger partial charge in [0.15, 0.2) is 0 Å². The summed E-state index contributed by atoms with van der Waals surface area (Å²) in [6, 6.07) is 5.76. The van der Waals surface area contributed by atoms with Crippen LogP contribution >= 0.6 is 23.2 Å². The van der Waals surface area contributed by atoms with E-state index in [9.17, 15) is 0 Å². The second-order valence-corrected chi connectivity index (χ2v) is 6.09. The highest BCUT2D eigenvalue weighted by molar-refractivity contribution is 6.42. The Hall–Kier alpha value is -0.240. The molecule has 0 amide bonds. The van der Waals surface area contributed by atoms with Crippen LogP contribution < -0.4 is 5.73 Å². The Kier molecular flexibility index (Phi) is 3.72. The van der Waals surface area contributed by atoms with E-state index in [4.69, 9.17) is 28.9 Å². The molecule has 1 nitrogen and oxygen atoms in total.